The quantitative estimate of drug-likeness (QED) is 0.466. The maximum Gasteiger partial charge on any atom is 0.279 e. The Morgan fingerprint density at radius 2 is 1.80 bits per heavy atom. The molecule has 1 aliphatic heterocycles. The van der Waals surface area contributed by atoms with E-state index in [0.29, 0.717) is 47.4 Å². The van der Waals surface area contributed by atoms with E-state index in [1.807, 2.05) is 16.7 Å². The van der Waals surface area contributed by atoms with Crippen molar-refractivity contribution in [2.24, 2.45) is 10.9 Å². The molecule has 2 aromatic carbocycles. The van der Waals surface area contributed by atoms with Gasteiger partial charge >= 0.3 is 0 Å². The molecule has 1 amide bonds. The van der Waals surface area contributed by atoms with Gasteiger partial charge in [0.25, 0.3) is 5.91 Å². The highest BCUT2D eigenvalue weighted by molar-refractivity contribution is 7.89. The molecule has 3 aromatic rings. The standard InChI is InChI=1S/C25H31N3O5S2/c1-5-14-28-22-20(32-3)12-13-21(33-4)23(22)34-25(28)26-24(29)18-8-10-19(11-9-18)35(30,31)27-15-6-7-17(2)16-27/h8-13,17H,5-7,14-16H2,1-4H3. The fourth-order valence-electron chi connectivity index (χ4n) is 4.41. The molecule has 0 bridgehead atoms. The van der Waals surface area contributed by atoms with Gasteiger partial charge in [0.05, 0.1) is 19.1 Å². The number of aromatic nitrogens is 1. The van der Waals surface area contributed by atoms with Crippen LogP contribution in [0.2, 0.25) is 0 Å². The molecule has 1 aromatic heterocycles. The maximum absolute atomic E-state index is 13.1. The SMILES string of the molecule is CCCn1c(=NC(=O)c2ccc(S(=O)(=O)N3CCCC(C)C3)cc2)sc2c(OC)ccc(OC)c21. The zero-order chi connectivity index (χ0) is 25.2. The van der Waals surface area contributed by atoms with Crippen LogP contribution in [0.25, 0.3) is 10.2 Å². The molecule has 0 N–H and O–H groups in total. The lowest BCUT2D eigenvalue weighted by Crippen LogP contribution is -2.39. The number of hydrogen-bond donors (Lipinski definition) is 0. The van der Waals surface area contributed by atoms with Crippen LogP contribution in [-0.2, 0) is 16.6 Å². The predicted octanol–water partition coefficient (Wildman–Crippen LogP) is 4.29. The van der Waals surface area contributed by atoms with Gasteiger partial charge < -0.3 is 14.0 Å². The highest BCUT2D eigenvalue weighted by Gasteiger charge is 2.28. The van der Waals surface area contributed by atoms with E-state index in [1.165, 1.54) is 39.9 Å². The number of hydrogen-bond acceptors (Lipinski definition) is 6. The normalized spacial score (nSPS) is 17.6. The van der Waals surface area contributed by atoms with E-state index in [0.717, 1.165) is 29.5 Å². The maximum atomic E-state index is 13.1. The number of thiazole rings is 1. The summed E-state index contributed by atoms with van der Waals surface area (Å²) in [7, 11) is -0.369. The van der Waals surface area contributed by atoms with Crippen molar-refractivity contribution >= 4 is 37.5 Å². The predicted molar refractivity (Wildman–Crippen MR) is 137 cm³/mol. The first-order chi connectivity index (χ1) is 16.8. The van der Waals surface area contributed by atoms with Crippen molar-refractivity contribution < 1.29 is 22.7 Å². The summed E-state index contributed by atoms with van der Waals surface area (Å²) in [4.78, 5) is 18.2. The number of carbonyl (C=O) groups excluding carboxylic acids is 1. The third kappa shape index (κ3) is 5.00. The molecule has 8 nitrogen and oxygen atoms in total. The number of rotatable bonds is 7. The topological polar surface area (TPSA) is 90.2 Å². The molecule has 1 atom stereocenters. The lowest BCUT2D eigenvalue weighted by atomic mass is 10.0. The summed E-state index contributed by atoms with van der Waals surface area (Å²) in [6.45, 7) is 5.82. The number of nitrogens with zero attached hydrogens (tertiary/aromatic N) is 3. The zero-order valence-corrected chi connectivity index (χ0v) is 22.1. The summed E-state index contributed by atoms with van der Waals surface area (Å²) in [5.74, 6) is 1.27. The number of fused-ring (bicyclic) bond motifs is 1. The monoisotopic (exact) mass is 517 g/mol. The first kappa shape index (κ1) is 25.4. The van der Waals surface area contributed by atoms with Gasteiger partial charge in [-0.1, -0.05) is 25.2 Å². The molecule has 0 radical (unpaired) electrons. The number of methoxy groups -OCH3 is 2. The van der Waals surface area contributed by atoms with Gasteiger partial charge in [0.15, 0.2) is 4.80 Å². The second-order valence-corrected chi connectivity index (χ2v) is 11.7. The van der Waals surface area contributed by atoms with Crippen LogP contribution in [0.1, 0.15) is 43.5 Å². The minimum Gasteiger partial charge on any atom is -0.495 e. The number of piperidine rings is 1. The van der Waals surface area contributed by atoms with Gasteiger partial charge in [-0.25, -0.2) is 8.42 Å². The van der Waals surface area contributed by atoms with Crippen molar-refractivity contribution in [1.29, 1.82) is 0 Å². The van der Waals surface area contributed by atoms with E-state index in [1.54, 1.807) is 14.2 Å². The molecule has 35 heavy (non-hydrogen) atoms. The van der Waals surface area contributed by atoms with E-state index in [4.69, 9.17) is 9.47 Å². The van der Waals surface area contributed by atoms with Crippen LogP contribution in [-0.4, -0.2) is 50.5 Å². The van der Waals surface area contributed by atoms with Crippen LogP contribution >= 0.6 is 11.3 Å². The molecular formula is C25H31N3O5S2. The Morgan fingerprint density at radius 3 is 2.43 bits per heavy atom. The molecule has 188 valence electrons. The number of sulfonamides is 1. The second kappa shape index (κ2) is 10.5. The fraction of sp³-hybridized carbons (Fsp3) is 0.440. The average Bonchev–Trinajstić information content (AvgIpc) is 3.21. The third-order valence-electron chi connectivity index (χ3n) is 6.20. The summed E-state index contributed by atoms with van der Waals surface area (Å²) < 4.78 is 41.5. The molecule has 0 aliphatic carbocycles. The molecule has 1 unspecified atom stereocenters. The van der Waals surface area contributed by atoms with Crippen LogP contribution in [0.4, 0.5) is 0 Å². The lowest BCUT2D eigenvalue weighted by Gasteiger charge is -2.30. The lowest BCUT2D eigenvalue weighted by molar-refractivity contribution is 0.0997. The van der Waals surface area contributed by atoms with Crippen LogP contribution in [0.5, 0.6) is 11.5 Å². The van der Waals surface area contributed by atoms with Crippen LogP contribution in [0, 0.1) is 5.92 Å². The van der Waals surface area contributed by atoms with Gasteiger partial charge in [0.2, 0.25) is 10.0 Å². The van der Waals surface area contributed by atoms with Crippen molar-refractivity contribution in [3.8, 4) is 11.5 Å². The van der Waals surface area contributed by atoms with E-state index >= 15 is 0 Å². The molecule has 2 heterocycles. The highest BCUT2D eigenvalue weighted by Crippen LogP contribution is 2.35. The first-order valence-corrected chi connectivity index (χ1v) is 14.0. The Labute approximate surface area is 209 Å². The fourth-order valence-corrected chi connectivity index (χ4v) is 7.17. The van der Waals surface area contributed by atoms with Crippen molar-refractivity contribution in [2.45, 2.75) is 44.6 Å². The van der Waals surface area contributed by atoms with Crippen LogP contribution in [0.3, 0.4) is 0 Å². The van der Waals surface area contributed by atoms with Gasteiger partial charge in [0.1, 0.15) is 21.7 Å². The number of carbonyl (C=O) groups is 1. The molecule has 0 saturated carbocycles. The van der Waals surface area contributed by atoms with Gasteiger partial charge in [-0.05, 0) is 61.6 Å². The minimum absolute atomic E-state index is 0.195. The minimum atomic E-state index is -3.58. The van der Waals surface area contributed by atoms with Crippen molar-refractivity contribution in [1.82, 2.24) is 8.87 Å². The summed E-state index contributed by atoms with van der Waals surface area (Å²) in [5.41, 5.74) is 1.16. The van der Waals surface area contributed by atoms with Crippen molar-refractivity contribution in [3.05, 3.63) is 46.8 Å². The molecule has 1 fully saturated rings. The Kier molecular flexibility index (Phi) is 7.63. The molecule has 4 rings (SSSR count). The smallest absolute Gasteiger partial charge is 0.279 e. The second-order valence-electron chi connectivity index (χ2n) is 8.74. The Balaban J connectivity index is 1.70. The van der Waals surface area contributed by atoms with Gasteiger partial charge in [-0.15, -0.1) is 0 Å². The van der Waals surface area contributed by atoms with Crippen LogP contribution < -0.4 is 14.3 Å². The van der Waals surface area contributed by atoms with Gasteiger partial charge in [0, 0.05) is 25.2 Å². The summed E-state index contributed by atoms with van der Waals surface area (Å²) in [6.07, 6.45) is 2.74. The third-order valence-corrected chi connectivity index (χ3v) is 9.17. The first-order valence-electron chi connectivity index (χ1n) is 11.7. The molecule has 0 spiro atoms. The average molecular weight is 518 g/mol. The molecule has 1 saturated heterocycles. The number of ether oxygens (including phenoxy) is 2. The van der Waals surface area contributed by atoms with E-state index < -0.39 is 15.9 Å². The summed E-state index contributed by atoms with van der Waals surface area (Å²) in [6, 6.07) is 9.73. The summed E-state index contributed by atoms with van der Waals surface area (Å²) in [5, 5.41) is 0. The zero-order valence-electron chi connectivity index (χ0n) is 20.5. The molecule has 1 aliphatic rings. The Morgan fingerprint density at radius 1 is 1.11 bits per heavy atom. The largest absolute Gasteiger partial charge is 0.495 e. The number of aryl methyl sites for hydroxylation is 1. The molecular weight excluding hydrogens is 486 g/mol. The van der Waals surface area contributed by atoms with Gasteiger partial charge in [-0.3, -0.25) is 4.79 Å². The number of amides is 1. The van der Waals surface area contributed by atoms with Crippen LogP contribution in [0.15, 0.2) is 46.3 Å². The molecule has 10 heteroatoms. The Bertz CT molecular complexity index is 1390. The highest BCUT2D eigenvalue weighted by atomic mass is 32.2. The van der Waals surface area contributed by atoms with E-state index in [-0.39, 0.29) is 4.90 Å². The number of benzene rings is 2. The Hall–Kier alpha value is -2.69. The van der Waals surface area contributed by atoms with E-state index in [2.05, 4.69) is 18.8 Å². The van der Waals surface area contributed by atoms with E-state index in [9.17, 15) is 13.2 Å². The summed E-state index contributed by atoms with van der Waals surface area (Å²) >= 11 is 1.36. The van der Waals surface area contributed by atoms with Crippen molar-refractivity contribution in [2.75, 3.05) is 27.3 Å². The van der Waals surface area contributed by atoms with Gasteiger partial charge in [-0.2, -0.15) is 9.30 Å². The van der Waals surface area contributed by atoms with Crippen molar-refractivity contribution in [3.63, 3.8) is 0 Å².